The quantitative estimate of drug-likeness (QED) is 0.637. The van der Waals surface area contributed by atoms with Crippen molar-refractivity contribution in [2.75, 3.05) is 35.2 Å². The number of pyridine rings is 1. The van der Waals surface area contributed by atoms with Crippen LogP contribution in [-0.2, 0) is 20.0 Å². The fourth-order valence-electron chi connectivity index (χ4n) is 5.62. The third-order valence-electron chi connectivity index (χ3n) is 7.98. The Morgan fingerprint density at radius 3 is 2.40 bits per heavy atom. The molecule has 2 saturated heterocycles. The Bertz CT molecular complexity index is 1300. The minimum atomic E-state index is -3.37. The number of anilines is 3. The zero-order valence-corrected chi connectivity index (χ0v) is 22.1. The number of carbonyl (C=O) groups excluding carboxylic acids is 1. The van der Waals surface area contributed by atoms with Gasteiger partial charge in [-0.3, -0.25) is 4.79 Å². The lowest BCUT2D eigenvalue weighted by atomic mass is 9.87. The predicted molar refractivity (Wildman–Crippen MR) is 136 cm³/mol. The number of fused-ring (bicyclic) bond motifs is 1. The van der Waals surface area contributed by atoms with Gasteiger partial charge in [-0.25, -0.2) is 23.4 Å². The summed E-state index contributed by atoms with van der Waals surface area (Å²) in [6.45, 7) is 13.8. The van der Waals surface area contributed by atoms with Gasteiger partial charge in [0.15, 0.2) is 9.84 Å². The van der Waals surface area contributed by atoms with Gasteiger partial charge in [0.25, 0.3) is 0 Å². The van der Waals surface area contributed by atoms with E-state index in [1.807, 2.05) is 19.2 Å². The van der Waals surface area contributed by atoms with Gasteiger partial charge in [-0.05, 0) is 51.8 Å². The van der Waals surface area contributed by atoms with Crippen molar-refractivity contribution < 1.29 is 13.2 Å². The molecule has 2 fully saturated rings. The number of nitrogens with zero attached hydrogens (tertiary/aromatic N) is 6. The zero-order chi connectivity index (χ0) is 25.3. The van der Waals surface area contributed by atoms with Crippen LogP contribution in [0.1, 0.15) is 52.2 Å². The number of hydrogen-bond donors (Lipinski definition) is 0. The molecular formula is C25H34N6O3S. The standard InChI is InChI=1S/C25H34N6O3S/c1-16-7-9-26-19(11-16)31-14-24(4,5)20-21(27-15-28-22(20)31)29-12-18(3)30(13-17(29)2)23(32)25(6)8-10-35(25,33)34/h7,9,11,15,17-18H,8,10,12-14H2,1-6H3/t17-,18+,25?/m0/s1. The Morgan fingerprint density at radius 1 is 1.06 bits per heavy atom. The molecule has 0 bridgehead atoms. The van der Waals surface area contributed by atoms with Gasteiger partial charge >= 0.3 is 0 Å². The number of rotatable bonds is 3. The summed E-state index contributed by atoms with van der Waals surface area (Å²) in [5, 5.41) is 0. The van der Waals surface area contributed by atoms with Crippen molar-refractivity contribution in [3.8, 4) is 0 Å². The molecule has 0 spiro atoms. The normalized spacial score (nSPS) is 29.0. The van der Waals surface area contributed by atoms with Crippen molar-refractivity contribution in [2.45, 2.75) is 70.2 Å². The van der Waals surface area contributed by atoms with Crippen molar-refractivity contribution in [2.24, 2.45) is 0 Å². The van der Waals surface area contributed by atoms with Gasteiger partial charge < -0.3 is 14.7 Å². The Morgan fingerprint density at radius 2 is 1.77 bits per heavy atom. The number of amides is 1. The molecule has 35 heavy (non-hydrogen) atoms. The summed E-state index contributed by atoms with van der Waals surface area (Å²) >= 11 is 0. The molecule has 10 heteroatoms. The number of piperazine rings is 1. The number of aromatic nitrogens is 3. The summed E-state index contributed by atoms with van der Waals surface area (Å²) in [5.74, 6) is 2.43. The summed E-state index contributed by atoms with van der Waals surface area (Å²) < 4.78 is 23.5. The number of sulfone groups is 1. The monoisotopic (exact) mass is 498 g/mol. The maximum Gasteiger partial charge on any atom is 0.244 e. The lowest BCUT2D eigenvalue weighted by molar-refractivity contribution is -0.137. The van der Waals surface area contributed by atoms with Crippen LogP contribution in [0.5, 0.6) is 0 Å². The van der Waals surface area contributed by atoms with Gasteiger partial charge in [0.2, 0.25) is 5.91 Å². The largest absolute Gasteiger partial charge is 0.350 e. The number of hydrogen-bond acceptors (Lipinski definition) is 8. The van der Waals surface area contributed by atoms with E-state index in [0.717, 1.165) is 35.1 Å². The average Bonchev–Trinajstić information content (AvgIpc) is 3.09. The van der Waals surface area contributed by atoms with E-state index in [2.05, 4.69) is 53.5 Å². The number of aryl methyl sites for hydroxylation is 1. The van der Waals surface area contributed by atoms with Gasteiger partial charge in [-0.15, -0.1) is 0 Å². The van der Waals surface area contributed by atoms with Crippen LogP contribution >= 0.6 is 0 Å². The fourth-order valence-corrected chi connectivity index (χ4v) is 7.16. The lowest BCUT2D eigenvalue weighted by Gasteiger charge is -2.49. The lowest BCUT2D eigenvalue weighted by Crippen LogP contribution is -2.66. The topological polar surface area (TPSA) is 99.6 Å². The third-order valence-corrected chi connectivity index (χ3v) is 10.5. The van der Waals surface area contributed by atoms with Crippen LogP contribution in [0.2, 0.25) is 0 Å². The molecule has 3 aliphatic heterocycles. The smallest absolute Gasteiger partial charge is 0.244 e. The Hall–Kier alpha value is -2.75. The minimum Gasteiger partial charge on any atom is -0.350 e. The Balaban J connectivity index is 1.47. The maximum absolute atomic E-state index is 13.3. The fraction of sp³-hybridized carbons (Fsp3) is 0.600. The van der Waals surface area contributed by atoms with Crippen LogP contribution in [0.15, 0.2) is 24.7 Å². The van der Waals surface area contributed by atoms with E-state index in [4.69, 9.17) is 4.98 Å². The summed E-state index contributed by atoms with van der Waals surface area (Å²) in [6, 6.07) is 3.88. The molecule has 0 N–H and O–H groups in total. The maximum atomic E-state index is 13.3. The Labute approximate surface area is 207 Å². The summed E-state index contributed by atoms with van der Waals surface area (Å²) in [7, 11) is -3.37. The highest BCUT2D eigenvalue weighted by atomic mass is 32.2. The molecule has 2 aromatic heterocycles. The summed E-state index contributed by atoms with van der Waals surface area (Å²) in [4.78, 5) is 33.5. The van der Waals surface area contributed by atoms with E-state index in [1.54, 1.807) is 18.2 Å². The Kier molecular flexibility index (Phi) is 5.39. The molecule has 5 rings (SSSR count). The average molecular weight is 499 g/mol. The van der Waals surface area contributed by atoms with E-state index in [9.17, 15) is 13.2 Å². The van der Waals surface area contributed by atoms with Gasteiger partial charge in [0.1, 0.15) is 28.5 Å². The van der Waals surface area contributed by atoms with E-state index < -0.39 is 14.6 Å². The highest BCUT2D eigenvalue weighted by Crippen LogP contribution is 2.47. The van der Waals surface area contributed by atoms with E-state index in [0.29, 0.717) is 19.5 Å². The third kappa shape index (κ3) is 3.59. The van der Waals surface area contributed by atoms with Crippen molar-refractivity contribution in [1.82, 2.24) is 19.9 Å². The predicted octanol–water partition coefficient (Wildman–Crippen LogP) is 2.61. The van der Waals surface area contributed by atoms with Crippen LogP contribution in [0.3, 0.4) is 0 Å². The van der Waals surface area contributed by atoms with Crippen LogP contribution in [0.25, 0.3) is 0 Å². The van der Waals surface area contributed by atoms with Crippen molar-refractivity contribution in [3.63, 3.8) is 0 Å². The highest BCUT2D eigenvalue weighted by Gasteiger charge is 2.57. The first-order valence-electron chi connectivity index (χ1n) is 12.2. The molecule has 5 heterocycles. The molecule has 2 aromatic rings. The summed E-state index contributed by atoms with van der Waals surface area (Å²) in [5.41, 5.74) is 2.01. The second kappa shape index (κ2) is 7.88. The van der Waals surface area contributed by atoms with E-state index in [1.165, 1.54) is 0 Å². The van der Waals surface area contributed by atoms with E-state index in [-0.39, 0.29) is 29.2 Å². The van der Waals surface area contributed by atoms with Crippen molar-refractivity contribution in [1.29, 1.82) is 0 Å². The van der Waals surface area contributed by atoms with Gasteiger partial charge in [0.05, 0.1) is 5.75 Å². The molecule has 1 amide bonds. The number of carbonyl (C=O) groups is 1. The van der Waals surface area contributed by atoms with Gasteiger partial charge in [-0.1, -0.05) is 13.8 Å². The van der Waals surface area contributed by atoms with Crippen molar-refractivity contribution in [3.05, 3.63) is 35.8 Å². The zero-order valence-electron chi connectivity index (χ0n) is 21.3. The first-order chi connectivity index (χ1) is 16.4. The van der Waals surface area contributed by atoms with Crippen molar-refractivity contribution >= 4 is 33.2 Å². The van der Waals surface area contributed by atoms with Crippen LogP contribution in [-0.4, -0.2) is 76.4 Å². The van der Waals surface area contributed by atoms with Crippen LogP contribution in [0, 0.1) is 6.92 Å². The molecule has 0 aliphatic carbocycles. The van der Waals surface area contributed by atoms with Crippen LogP contribution < -0.4 is 9.80 Å². The molecular weight excluding hydrogens is 464 g/mol. The van der Waals surface area contributed by atoms with Gasteiger partial charge in [0, 0.05) is 48.9 Å². The molecule has 3 aliphatic rings. The molecule has 188 valence electrons. The van der Waals surface area contributed by atoms with E-state index >= 15 is 0 Å². The molecule has 3 atom stereocenters. The molecule has 0 saturated carbocycles. The first-order valence-corrected chi connectivity index (χ1v) is 13.9. The van der Waals surface area contributed by atoms with Gasteiger partial charge in [-0.2, -0.15) is 0 Å². The minimum absolute atomic E-state index is 0.0255. The SMILES string of the molecule is Cc1ccnc(N2CC(C)(C)c3c2ncnc3N2C[C@@H](C)N(C(=O)C3(C)CCS3(=O)=O)C[C@@H]2C)c1. The highest BCUT2D eigenvalue weighted by molar-refractivity contribution is 7.95. The molecule has 1 unspecified atom stereocenters. The molecule has 0 radical (unpaired) electrons. The summed E-state index contributed by atoms with van der Waals surface area (Å²) in [6.07, 6.45) is 3.82. The second-order valence-electron chi connectivity index (χ2n) is 11.2. The second-order valence-corrected chi connectivity index (χ2v) is 13.7. The first kappa shape index (κ1) is 24.0. The molecule has 0 aromatic carbocycles. The van der Waals surface area contributed by atoms with Crippen LogP contribution in [0.4, 0.5) is 17.5 Å². The molecule has 9 nitrogen and oxygen atoms in total.